The quantitative estimate of drug-likeness (QED) is 0.580. The first-order chi connectivity index (χ1) is 13.7. The molecule has 0 aliphatic carbocycles. The van der Waals surface area contributed by atoms with Crippen LogP contribution in [-0.4, -0.2) is 36.0 Å². The van der Waals surface area contributed by atoms with E-state index in [0.29, 0.717) is 22.4 Å². The number of carbonyl (C=O) groups excluding carboxylic acids is 1. The molecule has 0 radical (unpaired) electrons. The number of hydrogen-bond donors (Lipinski definition) is 2. The van der Waals surface area contributed by atoms with Gasteiger partial charge in [-0.1, -0.05) is 18.1 Å². The lowest BCUT2D eigenvalue weighted by molar-refractivity contribution is 0.0984. The summed E-state index contributed by atoms with van der Waals surface area (Å²) in [6.45, 7) is 1.82. The largest absolute Gasteiger partial charge is 0.379 e. The molecule has 2 atom stereocenters. The molecule has 0 saturated heterocycles. The number of fused-ring (bicyclic) bond motifs is 1. The van der Waals surface area contributed by atoms with Gasteiger partial charge in [0.15, 0.2) is 5.78 Å². The Hall–Kier alpha value is -2.91. The number of aromatic nitrogens is 1. The fourth-order valence-corrected chi connectivity index (χ4v) is 5.21. The maximum atomic E-state index is 13.0. The lowest BCUT2D eigenvalue weighted by Gasteiger charge is -2.17. The van der Waals surface area contributed by atoms with E-state index in [1.54, 1.807) is 25.2 Å². The average Bonchev–Trinajstić information content (AvgIpc) is 2.96. The number of rotatable bonds is 4. The van der Waals surface area contributed by atoms with Crippen LogP contribution in [-0.2, 0) is 29.9 Å². The first-order valence-corrected chi connectivity index (χ1v) is 10.5. The van der Waals surface area contributed by atoms with Gasteiger partial charge >= 0.3 is 0 Å². The average molecular weight is 411 g/mol. The summed E-state index contributed by atoms with van der Waals surface area (Å²) in [6, 6.07) is 6.53. The molecule has 29 heavy (non-hydrogen) atoms. The zero-order valence-corrected chi connectivity index (χ0v) is 17.0. The van der Waals surface area contributed by atoms with Crippen molar-refractivity contribution >= 4 is 15.8 Å². The normalized spacial score (nSPS) is 18.7. The summed E-state index contributed by atoms with van der Waals surface area (Å²) in [4.78, 5) is 13.1. The van der Waals surface area contributed by atoms with Crippen LogP contribution in [0.25, 0.3) is 0 Å². The summed E-state index contributed by atoms with van der Waals surface area (Å²) in [5.41, 5.74) is 2.73. The zero-order valence-electron chi connectivity index (χ0n) is 16.1. The molecule has 2 N–H and O–H groups in total. The van der Waals surface area contributed by atoms with Gasteiger partial charge in [-0.05, 0) is 37.0 Å². The summed E-state index contributed by atoms with van der Waals surface area (Å²) >= 11 is 0. The van der Waals surface area contributed by atoms with E-state index in [2.05, 4.69) is 16.7 Å². The fraction of sp³-hybridized carbons (Fsp3) is 0.333. The minimum absolute atomic E-state index is 0.0247. The summed E-state index contributed by atoms with van der Waals surface area (Å²) in [5.74, 6) is 1.90. The van der Waals surface area contributed by atoms with Crippen LogP contribution in [0.1, 0.15) is 39.2 Å². The van der Waals surface area contributed by atoms with E-state index in [0.717, 1.165) is 5.56 Å². The molecule has 2 heterocycles. The van der Waals surface area contributed by atoms with E-state index in [-0.39, 0.29) is 29.9 Å². The van der Waals surface area contributed by atoms with Gasteiger partial charge in [0.2, 0.25) is 10.0 Å². The third-order valence-corrected chi connectivity index (χ3v) is 6.70. The molecular formula is C21H21N3O4S. The summed E-state index contributed by atoms with van der Waals surface area (Å²) in [7, 11) is -2.30. The van der Waals surface area contributed by atoms with Crippen molar-refractivity contribution in [2.75, 3.05) is 0 Å². The van der Waals surface area contributed by atoms with Crippen molar-refractivity contribution in [2.24, 2.45) is 7.05 Å². The molecule has 2 aromatic rings. The lowest BCUT2D eigenvalue weighted by Crippen LogP contribution is -2.41. The van der Waals surface area contributed by atoms with Crippen LogP contribution < -0.4 is 4.72 Å². The van der Waals surface area contributed by atoms with Gasteiger partial charge in [-0.3, -0.25) is 4.79 Å². The lowest BCUT2D eigenvalue weighted by atomic mass is 9.97. The van der Waals surface area contributed by atoms with E-state index in [1.165, 1.54) is 10.8 Å². The number of sulfonamides is 1. The Balaban J connectivity index is 1.97. The van der Waals surface area contributed by atoms with Crippen molar-refractivity contribution in [2.45, 2.75) is 43.2 Å². The predicted octanol–water partition coefficient (Wildman–Crippen LogP) is 1.22. The highest BCUT2D eigenvalue weighted by molar-refractivity contribution is 7.89. The van der Waals surface area contributed by atoms with Crippen molar-refractivity contribution in [3.8, 4) is 18.4 Å². The van der Waals surface area contributed by atoms with Gasteiger partial charge < -0.3 is 9.67 Å². The van der Waals surface area contributed by atoms with Crippen LogP contribution in [0.4, 0.5) is 0 Å². The Bertz CT molecular complexity index is 1170. The van der Waals surface area contributed by atoms with E-state index >= 15 is 0 Å². The van der Waals surface area contributed by atoms with Crippen LogP contribution in [0, 0.1) is 30.6 Å². The van der Waals surface area contributed by atoms with Crippen molar-refractivity contribution in [1.29, 1.82) is 5.26 Å². The van der Waals surface area contributed by atoms with E-state index in [4.69, 9.17) is 6.42 Å². The molecule has 0 amide bonds. The number of nitrogens with zero attached hydrogens (tertiary/aromatic N) is 2. The zero-order chi connectivity index (χ0) is 21.3. The Morgan fingerprint density at radius 2 is 2.21 bits per heavy atom. The first kappa shape index (κ1) is 20.8. The summed E-state index contributed by atoms with van der Waals surface area (Å²) < 4.78 is 29.4. The highest BCUT2D eigenvalue weighted by atomic mass is 32.2. The van der Waals surface area contributed by atoms with Crippen LogP contribution in [0.3, 0.4) is 0 Å². The Morgan fingerprint density at radius 3 is 2.86 bits per heavy atom. The number of terminal acetylenes is 1. The molecule has 0 fully saturated rings. The van der Waals surface area contributed by atoms with Gasteiger partial charge in [-0.15, -0.1) is 6.42 Å². The number of Topliss-reactive ketones (excluding diaryl/α,β-unsaturated/α-hetero) is 1. The molecule has 0 saturated carbocycles. The van der Waals surface area contributed by atoms with Crippen molar-refractivity contribution in [3.05, 3.63) is 52.3 Å². The number of ketones is 1. The Labute approximate surface area is 170 Å². The van der Waals surface area contributed by atoms with Crippen molar-refractivity contribution in [3.63, 3.8) is 0 Å². The van der Waals surface area contributed by atoms with Crippen molar-refractivity contribution in [1.82, 2.24) is 9.29 Å². The number of nitrogens with one attached hydrogen (secondary N) is 1. The SMILES string of the molecule is C#C[C@@H](O)[C@H]1CCc2c(cn(C)c2C(=O)Cc2ccc(C)c(C#N)c2)S(=O)(=O)N1. The maximum Gasteiger partial charge on any atom is 0.242 e. The molecule has 0 spiro atoms. The second-order valence-electron chi connectivity index (χ2n) is 7.17. The fourth-order valence-electron chi connectivity index (χ4n) is 3.61. The van der Waals surface area contributed by atoms with E-state index < -0.39 is 22.2 Å². The second-order valence-corrected chi connectivity index (χ2v) is 8.85. The molecule has 1 aliphatic rings. The topological polar surface area (TPSA) is 112 Å². The molecular weight excluding hydrogens is 390 g/mol. The molecule has 3 rings (SSSR count). The number of aryl methyl sites for hydroxylation is 2. The van der Waals surface area contributed by atoms with Gasteiger partial charge in [0, 0.05) is 25.2 Å². The van der Waals surface area contributed by atoms with Crippen LogP contribution in [0.5, 0.6) is 0 Å². The number of aliphatic hydroxyl groups excluding tert-OH is 1. The predicted molar refractivity (Wildman–Crippen MR) is 107 cm³/mol. The molecule has 150 valence electrons. The molecule has 7 nitrogen and oxygen atoms in total. The second kappa shape index (κ2) is 7.84. The number of benzene rings is 1. The Kier molecular flexibility index (Phi) is 5.63. The van der Waals surface area contributed by atoms with Gasteiger partial charge in [0.25, 0.3) is 0 Å². The standard InChI is InChI=1S/C21H21N3O4S/c1-4-18(25)17-8-7-16-20(29(27,28)23-17)12-24(3)21(16)19(26)10-14-6-5-13(2)15(9-14)11-22/h1,5-6,9,12,17-18,23,25H,7-8,10H2,2-3H3/t17-,18-/m1/s1. The molecule has 0 unspecified atom stereocenters. The van der Waals surface area contributed by atoms with Crippen molar-refractivity contribution < 1.29 is 18.3 Å². The van der Waals surface area contributed by atoms with Gasteiger partial charge in [-0.2, -0.15) is 5.26 Å². The highest BCUT2D eigenvalue weighted by Gasteiger charge is 2.34. The monoisotopic (exact) mass is 411 g/mol. The molecule has 1 aromatic carbocycles. The molecule has 1 aromatic heterocycles. The number of hydrogen-bond acceptors (Lipinski definition) is 5. The van der Waals surface area contributed by atoms with Gasteiger partial charge in [0.1, 0.15) is 11.0 Å². The number of carbonyl (C=O) groups is 1. The Morgan fingerprint density at radius 1 is 1.48 bits per heavy atom. The number of nitriles is 1. The molecule has 8 heteroatoms. The minimum Gasteiger partial charge on any atom is -0.379 e. The molecule has 1 aliphatic heterocycles. The van der Waals surface area contributed by atoms with Crippen LogP contribution >= 0.6 is 0 Å². The third kappa shape index (κ3) is 3.96. The summed E-state index contributed by atoms with van der Waals surface area (Å²) in [6.07, 6.45) is 5.98. The van der Waals surface area contributed by atoms with Crippen LogP contribution in [0.15, 0.2) is 29.3 Å². The van der Waals surface area contributed by atoms with Gasteiger partial charge in [-0.25, -0.2) is 13.1 Å². The summed E-state index contributed by atoms with van der Waals surface area (Å²) in [5, 5.41) is 19.1. The van der Waals surface area contributed by atoms with E-state index in [1.807, 2.05) is 6.92 Å². The smallest absolute Gasteiger partial charge is 0.242 e. The number of aliphatic hydroxyl groups is 1. The highest BCUT2D eigenvalue weighted by Crippen LogP contribution is 2.29. The maximum absolute atomic E-state index is 13.0. The molecule has 0 bridgehead atoms. The van der Waals surface area contributed by atoms with Crippen LogP contribution in [0.2, 0.25) is 0 Å². The minimum atomic E-state index is -3.93. The van der Waals surface area contributed by atoms with E-state index in [9.17, 15) is 23.6 Å². The first-order valence-electron chi connectivity index (χ1n) is 9.05. The van der Waals surface area contributed by atoms with Gasteiger partial charge in [0.05, 0.1) is 23.4 Å². The third-order valence-electron chi connectivity index (χ3n) is 5.15.